The zero-order valence-corrected chi connectivity index (χ0v) is 16.3. The summed E-state index contributed by atoms with van der Waals surface area (Å²) in [5, 5.41) is 5.99. The molecule has 3 aromatic rings. The van der Waals surface area contributed by atoms with Gasteiger partial charge >= 0.3 is 0 Å². The number of hydrogen-bond acceptors (Lipinski definition) is 5. The predicted octanol–water partition coefficient (Wildman–Crippen LogP) is 3.41. The van der Waals surface area contributed by atoms with Crippen LogP contribution in [-0.2, 0) is 16.6 Å². The fourth-order valence-electron chi connectivity index (χ4n) is 2.58. The number of nitrogens with zero attached hydrogens (tertiary/aromatic N) is 2. The van der Waals surface area contributed by atoms with Crippen LogP contribution in [0.4, 0.5) is 5.69 Å². The van der Waals surface area contributed by atoms with Gasteiger partial charge in [0.25, 0.3) is 15.6 Å². The highest BCUT2D eigenvalue weighted by Gasteiger charge is 2.19. The van der Waals surface area contributed by atoms with Gasteiger partial charge in [-0.3, -0.25) is 9.52 Å². The van der Waals surface area contributed by atoms with Crippen molar-refractivity contribution in [3.8, 4) is 11.3 Å². The molecule has 2 heterocycles. The number of benzene rings is 1. The van der Waals surface area contributed by atoms with Gasteiger partial charge in [0.15, 0.2) is 0 Å². The standard InChI is InChI=1S/C18H19N3O3S2/c1-4-21-16(22)9-8-15(19-21)14-10-17(25-11-14)26(23,24)20-18-12(2)6-5-7-13(18)3/h5-11,20H,4H2,1-3H3. The first-order chi connectivity index (χ1) is 12.3. The summed E-state index contributed by atoms with van der Waals surface area (Å²) in [7, 11) is -3.70. The fraction of sp³-hybridized carbons (Fsp3) is 0.222. The van der Waals surface area contributed by atoms with Gasteiger partial charge in [0.2, 0.25) is 0 Å². The monoisotopic (exact) mass is 389 g/mol. The van der Waals surface area contributed by atoms with E-state index < -0.39 is 10.0 Å². The third-order valence-electron chi connectivity index (χ3n) is 4.02. The van der Waals surface area contributed by atoms with Gasteiger partial charge in [-0.1, -0.05) is 18.2 Å². The first-order valence-electron chi connectivity index (χ1n) is 8.08. The molecule has 0 amide bonds. The maximum absolute atomic E-state index is 12.8. The van der Waals surface area contributed by atoms with Crippen LogP contribution in [0.3, 0.4) is 0 Å². The van der Waals surface area contributed by atoms with E-state index in [9.17, 15) is 13.2 Å². The van der Waals surface area contributed by atoms with Crippen molar-refractivity contribution in [1.82, 2.24) is 9.78 Å². The van der Waals surface area contributed by atoms with Gasteiger partial charge in [0, 0.05) is 23.6 Å². The Hall–Kier alpha value is -2.45. The average Bonchev–Trinajstić information content (AvgIpc) is 3.10. The van der Waals surface area contributed by atoms with Crippen molar-refractivity contribution >= 4 is 27.0 Å². The summed E-state index contributed by atoms with van der Waals surface area (Å²) in [6.07, 6.45) is 0. The number of sulfonamides is 1. The Morgan fingerprint density at radius 1 is 1.15 bits per heavy atom. The van der Waals surface area contributed by atoms with Crippen LogP contribution >= 0.6 is 11.3 Å². The summed E-state index contributed by atoms with van der Waals surface area (Å²) in [6, 6.07) is 10.2. The summed E-state index contributed by atoms with van der Waals surface area (Å²) in [6.45, 7) is 6.01. The Labute approximate surface area is 156 Å². The second kappa shape index (κ2) is 7.05. The van der Waals surface area contributed by atoms with E-state index in [2.05, 4.69) is 9.82 Å². The number of aryl methyl sites for hydroxylation is 3. The first-order valence-corrected chi connectivity index (χ1v) is 10.4. The first kappa shape index (κ1) is 18.3. The second-order valence-corrected chi connectivity index (χ2v) is 8.72. The summed E-state index contributed by atoms with van der Waals surface area (Å²) < 4.78 is 29.7. The molecular weight excluding hydrogens is 370 g/mol. The van der Waals surface area contributed by atoms with Crippen LogP contribution in [0.2, 0.25) is 0 Å². The smallest absolute Gasteiger partial charge is 0.271 e. The van der Waals surface area contributed by atoms with E-state index in [1.165, 1.54) is 10.7 Å². The van der Waals surface area contributed by atoms with Crippen molar-refractivity contribution in [1.29, 1.82) is 0 Å². The Morgan fingerprint density at radius 3 is 2.50 bits per heavy atom. The highest BCUT2D eigenvalue weighted by atomic mass is 32.2. The normalized spacial score (nSPS) is 11.5. The van der Waals surface area contributed by atoms with E-state index in [1.54, 1.807) is 17.5 Å². The van der Waals surface area contributed by atoms with Crippen molar-refractivity contribution in [2.75, 3.05) is 4.72 Å². The van der Waals surface area contributed by atoms with Crippen LogP contribution in [0.5, 0.6) is 0 Å². The number of anilines is 1. The molecule has 1 aromatic carbocycles. The van der Waals surface area contributed by atoms with Gasteiger partial charge in [-0.05, 0) is 44.0 Å². The maximum atomic E-state index is 12.8. The molecule has 6 nitrogen and oxygen atoms in total. The summed E-state index contributed by atoms with van der Waals surface area (Å²) in [5.41, 5.74) is 3.37. The van der Waals surface area contributed by atoms with E-state index >= 15 is 0 Å². The summed E-state index contributed by atoms with van der Waals surface area (Å²) >= 11 is 1.12. The summed E-state index contributed by atoms with van der Waals surface area (Å²) in [5.74, 6) is 0. The third kappa shape index (κ3) is 3.56. The minimum atomic E-state index is -3.70. The largest absolute Gasteiger partial charge is 0.278 e. The molecule has 26 heavy (non-hydrogen) atoms. The van der Waals surface area contributed by atoms with E-state index in [0.717, 1.165) is 22.5 Å². The lowest BCUT2D eigenvalue weighted by molar-refractivity contribution is 0.603. The molecule has 0 unspecified atom stereocenters. The predicted molar refractivity (Wildman–Crippen MR) is 104 cm³/mol. The molecule has 0 aliphatic heterocycles. The second-order valence-electron chi connectivity index (χ2n) is 5.90. The lowest BCUT2D eigenvalue weighted by Gasteiger charge is -2.12. The van der Waals surface area contributed by atoms with Crippen LogP contribution in [0.15, 0.2) is 50.8 Å². The van der Waals surface area contributed by atoms with Crippen LogP contribution in [0, 0.1) is 13.8 Å². The van der Waals surface area contributed by atoms with Crippen molar-refractivity contribution in [2.24, 2.45) is 0 Å². The molecule has 0 aliphatic rings. The van der Waals surface area contributed by atoms with Crippen molar-refractivity contribution in [2.45, 2.75) is 31.5 Å². The quantitative estimate of drug-likeness (QED) is 0.725. The molecule has 0 saturated heterocycles. The molecule has 0 atom stereocenters. The number of aromatic nitrogens is 2. The third-order valence-corrected chi connectivity index (χ3v) is 6.81. The molecule has 8 heteroatoms. The molecule has 0 fully saturated rings. The Morgan fingerprint density at radius 2 is 1.85 bits per heavy atom. The molecule has 0 saturated carbocycles. The van der Waals surface area contributed by atoms with Gasteiger partial charge in [0.1, 0.15) is 4.21 Å². The molecule has 0 bridgehead atoms. The molecule has 0 radical (unpaired) electrons. The highest BCUT2D eigenvalue weighted by molar-refractivity contribution is 7.94. The molecule has 0 spiro atoms. The minimum absolute atomic E-state index is 0.184. The number of hydrogen-bond donors (Lipinski definition) is 1. The lowest BCUT2D eigenvalue weighted by Crippen LogP contribution is -2.20. The van der Waals surface area contributed by atoms with Crippen LogP contribution in [0.1, 0.15) is 18.1 Å². The number of para-hydroxylation sites is 1. The zero-order valence-electron chi connectivity index (χ0n) is 14.7. The topological polar surface area (TPSA) is 81.1 Å². The molecule has 3 rings (SSSR count). The Kier molecular flexibility index (Phi) is 4.97. The van der Waals surface area contributed by atoms with Crippen LogP contribution < -0.4 is 10.3 Å². The van der Waals surface area contributed by atoms with E-state index in [4.69, 9.17) is 0 Å². The minimum Gasteiger partial charge on any atom is -0.278 e. The average molecular weight is 390 g/mol. The van der Waals surface area contributed by atoms with Gasteiger partial charge < -0.3 is 0 Å². The van der Waals surface area contributed by atoms with Gasteiger partial charge in [-0.25, -0.2) is 13.1 Å². The van der Waals surface area contributed by atoms with E-state index in [1.807, 2.05) is 39.0 Å². The number of nitrogens with one attached hydrogen (secondary N) is 1. The van der Waals surface area contributed by atoms with E-state index in [-0.39, 0.29) is 9.77 Å². The SMILES string of the molecule is CCn1nc(-c2csc(S(=O)(=O)Nc3c(C)cccc3C)c2)ccc1=O. The van der Waals surface area contributed by atoms with Gasteiger partial charge in [-0.15, -0.1) is 11.3 Å². The van der Waals surface area contributed by atoms with Gasteiger partial charge in [-0.2, -0.15) is 5.10 Å². The molecule has 1 N–H and O–H groups in total. The van der Waals surface area contributed by atoms with Crippen molar-refractivity contribution in [3.63, 3.8) is 0 Å². The fourth-order valence-corrected chi connectivity index (χ4v) is 4.96. The lowest BCUT2D eigenvalue weighted by atomic mass is 10.1. The van der Waals surface area contributed by atoms with Crippen molar-refractivity contribution in [3.05, 3.63) is 63.3 Å². The summed E-state index contributed by atoms with van der Waals surface area (Å²) in [4.78, 5) is 11.7. The van der Waals surface area contributed by atoms with Crippen molar-refractivity contribution < 1.29 is 8.42 Å². The van der Waals surface area contributed by atoms with Crippen LogP contribution in [0.25, 0.3) is 11.3 Å². The molecule has 2 aromatic heterocycles. The number of thiophene rings is 1. The Bertz CT molecular complexity index is 1090. The van der Waals surface area contributed by atoms with Gasteiger partial charge in [0.05, 0.1) is 11.4 Å². The maximum Gasteiger partial charge on any atom is 0.271 e. The van der Waals surface area contributed by atoms with E-state index in [0.29, 0.717) is 23.5 Å². The number of rotatable bonds is 5. The molecule has 0 aliphatic carbocycles. The highest BCUT2D eigenvalue weighted by Crippen LogP contribution is 2.30. The molecule has 136 valence electrons. The molecular formula is C18H19N3O3S2. The van der Waals surface area contributed by atoms with Crippen LogP contribution in [-0.4, -0.2) is 18.2 Å². The Balaban J connectivity index is 1.95. The zero-order chi connectivity index (χ0) is 18.9.